The maximum Gasteiger partial charge on any atom is 0.308 e. The van der Waals surface area contributed by atoms with E-state index < -0.39 is 23.9 Å². The molecular formula is C34H49N3O6. The number of carbonyl (C=O) groups is 4. The molecule has 2 rings (SSSR count). The van der Waals surface area contributed by atoms with Gasteiger partial charge in [-0.3, -0.25) is 19.2 Å². The number of nitrogens with zero attached hydrogens (tertiary/aromatic N) is 2. The van der Waals surface area contributed by atoms with Crippen LogP contribution in [0.1, 0.15) is 95.1 Å². The van der Waals surface area contributed by atoms with Crippen molar-refractivity contribution < 1.29 is 28.7 Å². The van der Waals surface area contributed by atoms with Gasteiger partial charge in [0.1, 0.15) is 11.8 Å². The van der Waals surface area contributed by atoms with Crippen molar-refractivity contribution in [3.63, 3.8) is 0 Å². The summed E-state index contributed by atoms with van der Waals surface area (Å²) in [6, 6.07) is 14.2. The number of hydrogen-bond donors (Lipinski definition) is 1. The number of nitrogens with one attached hydrogen (secondary N) is 1. The molecule has 0 saturated carbocycles. The number of ether oxygens (including phenoxy) is 2. The molecule has 1 aromatic carbocycles. The van der Waals surface area contributed by atoms with Crippen LogP contribution in [-0.4, -0.2) is 59.9 Å². The first-order valence-corrected chi connectivity index (χ1v) is 15.2. The van der Waals surface area contributed by atoms with Crippen LogP contribution in [0, 0.1) is 17.8 Å². The second-order valence-corrected chi connectivity index (χ2v) is 11.8. The second-order valence-electron chi connectivity index (χ2n) is 11.8. The van der Waals surface area contributed by atoms with E-state index in [1.165, 1.54) is 14.0 Å². The highest BCUT2D eigenvalue weighted by molar-refractivity contribution is 5.92. The zero-order valence-corrected chi connectivity index (χ0v) is 27.0. The van der Waals surface area contributed by atoms with Gasteiger partial charge in [0, 0.05) is 38.9 Å². The average Bonchev–Trinajstić information content (AvgIpc) is 2.98. The zero-order valence-electron chi connectivity index (χ0n) is 27.0. The van der Waals surface area contributed by atoms with Gasteiger partial charge in [0.2, 0.25) is 5.91 Å². The molecule has 0 radical (unpaired) electrons. The summed E-state index contributed by atoms with van der Waals surface area (Å²) in [5, 5.41) is 3.04. The van der Waals surface area contributed by atoms with Crippen LogP contribution in [0.5, 0.6) is 0 Å². The second kappa shape index (κ2) is 17.4. The Kier molecular flexibility index (Phi) is 14.3. The minimum Gasteiger partial charge on any atom is -0.469 e. The molecule has 2 amide bonds. The lowest BCUT2D eigenvalue weighted by Crippen LogP contribution is -2.42. The molecule has 0 aliphatic rings. The van der Waals surface area contributed by atoms with E-state index in [0.29, 0.717) is 31.4 Å². The number of benzene rings is 1. The van der Waals surface area contributed by atoms with Crippen LogP contribution < -0.4 is 5.32 Å². The Morgan fingerprint density at radius 2 is 1.63 bits per heavy atom. The largest absolute Gasteiger partial charge is 0.469 e. The quantitative estimate of drug-likeness (QED) is 0.254. The Morgan fingerprint density at radius 3 is 2.21 bits per heavy atom. The molecule has 236 valence electrons. The Balaban J connectivity index is 2.31. The van der Waals surface area contributed by atoms with E-state index >= 15 is 0 Å². The van der Waals surface area contributed by atoms with E-state index in [-0.39, 0.29) is 41.5 Å². The highest BCUT2D eigenvalue weighted by Crippen LogP contribution is 2.28. The average molecular weight is 596 g/mol. The molecule has 0 spiro atoms. The van der Waals surface area contributed by atoms with Crippen molar-refractivity contribution in [1.82, 2.24) is 15.2 Å². The minimum absolute atomic E-state index is 0.0429. The first-order chi connectivity index (χ1) is 20.4. The van der Waals surface area contributed by atoms with Crippen molar-refractivity contribution in [2.24, 2.45) is 17.8 Å². The van der Waals surface area contributed by atoms with Crippen LogP contribution in [0.15, 0.2) is 48.5 Å². The maximum absolute atomic E-state index is 13.5. The number of amides is 2. The molecule has 0 bridgehead atoms. The van der Waals surface area contributed by atoms with Crippen LogP contribution in [0.2, 0.25) is 0 Å². The standard InChI is InChI=1S/C34H49N3O6/c1-9-23(4)18-32(39)37(7)30(22(2)3)21-31(43-25(6)38)28-16-13-17-29(36-28)33(40)35-27(19-24(5)34(41)42-8)20-26-14-11-10-12-15-26/h10-17,22-24,27,30-31H,9,18-21H2,1-8H3,(H,35,40). The van der Waals surface area contributed by atoms with Crippen LogP contribution >= 0.6 is 0 Å². The van der Waals surface area contributed by atoms with Gasteiger partial charge in [-0.1, -0.05) is 77.4 Å². The summed E-state index contributed by atoms with van der Waals surface area (Å²) < 4.78 is 10.6. The van der Waals surface area contributed by atoms with E-state index in [1.807, 2.05) is 44.2 Å². The fraction of sp³-hybridized carbons (Fsp3) is 0.559. The molecule has 9 heteroatoms. The van der Waals surface area contributed by atoms with Gasteiger partial charge in [-0.15, -0.1) is 0 Å². The molecule has 43 heavy (non-hydrogen) atoms. The van der Waals surface area contributed by atoms with Crippen molar-refractivity contribution in [2.75, 3.05) is 14.2 Å². The van der Waals surface area contributed by atoms with Crippen LogP contribution in [-0.2, 0) is 30.3 Å². The summed E-state index contributed by atoms with van der Waals surface area (Å²) in [6.07, 6.45) is 1.85. The molecule has 1 heterocycles. The molecule has 1 N–H and O–H groups in total. The normalized spacial score (nSPS) is 14.6. The summed E-state index contributed by atoms with van der Waals surface area (Å²) in [5.41, 5.74) is 1.62. The molecular weight excluding hydrogens is 546 g/mol. The topological polar surface area (TPSA) is 115 Å². The van der Waals surface area contributed by atoms with Gasteiger partial charge >= 0.3 is 11.9 Å². The number of esters is 2. The van der Waals surface area contributed by atoms with Crippen molar-refractivity contribution in [2.45, 2.75) is 91.8 Å². The third kappa shape index (κ3) is 11.5. The molecule has 0 fully saturated rings. The van der Waals surface area contributed by atoms with Crippen molar-refractivity contribution in [3.05, 3.63) is 65.5 Å². The number of methoxy groups -OCH3 is 1. The SMILES string of the molecule is CCC(C)CC(=O)N(C)C(CC(OC(C)=O)c1cccc(C(=O)NC(Cc2ccccc2)CC(C)C(=O)OC)n1)C(C)C. The number of carbonyl (C=O) groups excluding carboxylic acids is 4. The number of hydrogen-bond acceptors (Lipinski definition) is 7. The summed E-state index contributed by atoms with van der Waals surface area (Å²) in [6.45, 7) is 11.3. The Labute approximate surface area is 256 Å². The first-order valence-electron chi connectivity index (χ1n) is 15.2. The first kappa shape index (κ1) is 35.4. The maximum atomic E-state index is 13.5. The third-order valence-electron chi connectivity index (χ3n) is 7.88. The minimum atomic E-state index is -0.754. The van der Waals surface area contributed by atoms with Crippen LogP contribution in [0.3, 0.4) is 0 Å². The predicted molar refractivity (Wildman–Crippen MR) is 166 cm³/mol. The van der Waals surface area contributed by atoms with Gasteiger partial charge in [0.05, 0.1) is 18.7 Å². The van der Waals surface area contributed by atoms with Crippen molar-refractivity contribution in [3.8, 4) is 0 Å². The predicted octanol–water partition coefficient (Wildman–Crippen LogP) is 5.54. The molecule has 1 aromatic heterocycles. The molecule has 5 unspecified atom stereocenters. The third-order valence-corrected chi connectivity index (χ3v) is 7.88. The van der Waals surface area contributed by atoms with Gasteiger partial charge in [0.25, 0.3) is 5.91 Å². The van der Waals surface area contributed by atoms with E-state index in [1.54, 1.807) is 37.1 Å². The van der Waals surface area contributed by atoms with Gasteiger partial charge in [-0.05, 0) is 42.4 Å². The summed E-state index contributed by atoms with van der Waals surface area (Å²) >= 11 is 0. The number of rotatable bonds is 16. The Morgan fingerprint density at radius 1 is 0.953 bits per heavy atom. The van der Waals surface area contributed by atoms with Gasteiger partial charge < -0.3 is 19.7 Å². The lowest BCUT2D eigenvalue weighted by Gasteiger charge is -2.34. The Bertz CT molecular complexity index is 1200. The van der Waals surface area contributed by atoms with E-state index in [9.17, 15) is 19.2 Å². The van der Waals surface area contributed by atoms with Crippen molar-refractivity contribution >= 4 is 23.8 Å². The van der Waals surface area contributed by atoms with Crippen LogP contribution in [0.4, 0.5) is 0 Å². The fourth-order valence-corrected chi connectivity index (χ4v) is 5.13. The number of aromatic nitrogens is 1. The lowest BCUT2D eigenvalue weighted by molar-refractivity contribution is -0.149. The summed E-state index contributed by atoms with van der Waals surface area (Å²) in [5.74, 6) is -1.23. The molecule has 2 aromatic rings. The van der Waals surface area contributed by atoms with Gasteiger partial charge in [-0.2, -0.15) is 0 Å². The summed E-state index contributed by atoms with van der Waals surface area (Å²) in [4.78, 5) is 57.2. The Hall–Kier alpha value is -3.75. The number of pyridine rings is 1. The molecule has 0 aliphatic heterocycles. The highest BCUT2D eigenvalue weighted by atomic mass is 16.5. The summed E-state index contributed by atoms with van der Waals surface area (Å²) in [7, 11) is 3.14. The van der Waals surface area contributed by atoms with E-state index in [4.69, 9.17) is 9.47 Å². The van der Waals surface area contributed by atoms with Crippen LogP contribution in [0.25, 0.3) is 0 Å². The monoisotopic (exact) mass is 595 g/mol. The smallest absolute Gasteiger partial charge is 0.308 e. The molecule has 5 atom stereocenters. The van der Waals surface area contributed by atoms with E-state index in [0.717, 1.165) is 12.0 Å². The van der Waals surface area contributed by atoms with Crippen molar-refractivity contribution in [1.29, 1.82) is 0 Å². The molecule has 0 aliphatic carbocycles. The molecule has 9 nitrogen and oxygen atoms in total. The van der Waals surface area contributed by atoms with E-state index in [2.05, 4.69) is 24.1 Å². The lowest BCUT2D eigenvalue weighted by atomic mass is 9.93. The van der Waals surface area contributed by atoms with Gasteiger partial charge in [-0.25, -0.2) is 4.98 Å². The zero-order chi connectivity index (χ0) is 32.1. The highest BCUT2D eigenvalue weighted by Gasteiger charge is 2.30. The fourth-order valence-electron chi connectivity index (χ4n) is 5.13. The molecule has 0 saturated heterocycles. The van der Waals surface area contributed by atoms with Gasteiger partial charge in [0.15, 0.2) is 0 Å².